The molecule has 1 saturated heterocycles. The van der Waals surface area contributed by atoms with Crippen LogP contribution < -0.4 is 16.0 Å². The molecule has 2 aliphatic rings. The normalized spacial score (nSPS) is 21.5. The van der Waals surface area contributed by atoms with Crippen LogP contribution in [0.25, 0.3) is 0 Å². The van der Waals surface area contributed by atoms with E-state index in [0.29, 0.717) is 25.3 Å². The SMILES string of the molecule is COC(=O)[C@H](C[C@@H]1CCNC1=O)NC(=O)[C@H](CC1CCCCC1)NC(=O)OC(C)(C)C. The van der Waals surface area contributed by atoms with Crippen LogP contribution in [0.4, 0.5) is 4.79 Å². The second kappa shape index (κ2) is 11.3. The van der Waals surface area contributed by atoms with Gasteiger partial charge in [-0.1, -0.05) is 32.1 Å². The molecule has 2 fully saturated rings. The van der Waals surface area contributed by atoms with Crippen LogP contribution in [-0.2, 0) is 23.9 Å². The van der Waals surface area contributed by atoms with Gasteiger partial charge in [0.05, 0.1) is 7.11 Å². The molecule has 3 N–H and O–H groups in total. The minimum Gasteiger partial charge on any atom is -0.467 e. The Kier molecular flexibility index (Phi) is 9.13. The van der Waals surface area contributed by atoms with Gasteiger partial charge in [-0.25, -0.2) is 9.59 Å². The average Bonchev–Trinajstić information content (AvgIpc) is 3.10. The largest absolute Gasteiger partial charge is 0.467 e. The van der Waals surface area contributed by atoms with Crippen LogP contribution in [0.15, 0.2) is 0 Å². The van der Waals surface area contributed by atoms with Gasteiger partial charge in [-0.2, -0.15) is 0 Å². The molecule has 1 saturated carbocycles. The summed E-state index contributed by atoms with van der Waals surface area (Å²) < 4.78 is 10.2. The first-order valence-electron chi connectivity index (χ1n) is 11.2. The van der Waals surface area contributed by atoms with Crippen molar-refractivity contribution >= 4 is 23.9 Å². The lowest BCUT2D eigenvalue weighted by atomic mass is 9.84. The molecule has 2 rings (SSSR count). The Morgan fingerprint density at radius 2 is 1.71 bits per heavy atom. The summed E-state index contributed by atoms with van der Waals surface area (Å²) in [6.45, 7) is 5.81. The van der Waals surface area contributed by atoms with Gasteiger partial charge in [0.25, 0.3) is 0 Å². The quantitative estimate of drug-likeness (QED) is 0.498. The molecule has 1 aliphatic carbocycles. The van der Waals surface area contributed by atoms with Crippen LogP contribution in [0.5, 0.6) is 0 Å². The van der Waals surface area contributed by atoms with Crippen molar-refractivity contribution in [3.05, 3.63) is 0 Å². The van der Waals surface area contributed by atoms with Crippen LogP contribution in [0.1, 0.15) is 72.1 Å². The Morgan fingerprint density at radius 1 is 1.03 bits per heavy atom. The molecule has 0 unspecified atom stereocenters. The summed E-state index contributed by atoms with van der Waals surface area (Å²) in [5.74, 6) is -1.25. The van der Waals surface area contributed by atoms with Crippen molar-refractivity contribution < 1.29 is 28.7 Å². The lowest BCUT2D eigenvalue weighted by Gasteiger charge is -2.29. The van der Waals surface area contributed by atoms with Gasteiger partial charge in [-0.05, 0) is 46.0 Å². The van der Waals surface area contributed by atoms with E-state index in [2.05, 4.69) is 16.0 Å². The van der Waals surface area contributed by atoms with E-state index in [4.69, 9.17) is 9.47 Å². The molecule has 1 heterocycles. The lowest BCUT2D eigenvalue weighted by molar-refractivity contribution is -0.146. The maximum absolute atomic E-state index is 13.1. The van der Waals surface area contributed by atoms with E-state index in [1.807, 2.05) is 0 Å². The Labute approximate surface area is 184 Å². The second-order valence-electron chi connectivity index (χ2n) is 9.54. The Morgan fingerprint density at radius 3 is 2.26 bits per heavy atom. The van der Waals surface area contributed by atoms with Crippen LogP contribution in [-0.4, -0.2) is 55.2 Å². The zero-order chi connectivity index (χ0) is 23.0. The van der Waals surface area contributed by atoms with E-state index in [0.717, 1.165) is 25.7 Å². The van der Waals surface area contributed by atoms with Gasteiger partial charge < -0.3 is 25.4 Å². The van der Waals surface area contributed by atoms with Crippen LogP contribution in [0.2, 0.25) is 0 Å². The number of ether oxygens (including phenoxy) is 2. The third-order valence-electron chi connectivity index (χ3n) is 5.79. The Balaban J connectivity index is 2.08. The molecule has 31 heavy (non-hydrogen) atoms. The van der Waals surface area contributed by atoms with Gasteiger partial charge >= 0.3 is 12.1 Å². The first kappa shape index (κ1) is 24.9. The fraction of sp³-hybridized carbons (Fsp3) is 0.818. The van der Waals surface area contributed by atoms with Gasteiger partial charge in [-0.3, -0.25) is 9.59 Å². The molecule has 1 aliphatic heterocycles. The molecule has 0 spiro atoms. The van der Waals surface area contributed by atoms with Crippen molar-refractivity contribution in [2.75, 3.05) is 13.7 Å². The number of alkyl carbamates (subject to hydrolysis) is 1. The molecule has 0 aromatic carbocycles. The fourth-order valence-corrected chi connectivity index (χ4v) is 4.22. The summed E-state index contributed by atoms with van der Waals surface area (Å²) in [5, 5.41) is 8.12. The van der Waals surface area contributed by atoms with Gasteiger partial charge in [0, 0.05) is 12.5 Å². The molecule has 0 aromatic rings. The maximum atomic E-state index is 13.1. The Hall–Kier alpha value is -2.32. The third kappa shape index (κ3) is 8.38. The molecular weight excluding hydrogens is 402 g/mol. The smallest absolute Gasteiger partial charge is 0.408 e. The van der Waals surface area contributed by atoms with E-state index >= 15 is 0 Å². The fourth-order valence-electron chi connectivity index (χ4n) is 4.22. The molecule has 176 valence electrons. The number of amides is 3. The molecule has 9 nitrogen and oxygen atoms in total. The Bertz CT molecular complexity index is 654. The molecule has 3 atom stereocenters. The zero-order valence-corrected chi connectivity index (χ0v) is 19.1. The summed E-state index contributed by atoms with van der Waals surface area (Å²) in [4.78, 5) is 49.7. The first-order valence-corrected chi connectivity index (χ1v) is 11.2. The average molecular weight is 440 g/mol. The summed E-state index contributed by atoms with van der Waals surface area (Å²) in [7, 11) is 1.24. The first-order chi connectivity index (χ1) is 14.6. The van der Waals surface area contributed by atoms with Crippen molar-refractivity contribution in [1.29, 1.82) is 0 Å². The van der Waals surface area contributed by atoms with Crippen LogP contribution in [0.3, 0.4) is 0 Å². The van der Waals surface area contributed by atoms with Crippen molar-refractivity contribution in [2.24, 2.45) is 11.8 Å². The van der Waals surface area contributed by atoms with Crippen LogP contribution in [0, 0.1) is 11.8 Å². The third-order valence-corrected chi connectivity index (χ3v) is 5.79. The number of hydrogen-bond acceptors (Lipinski definition) is 6. The zero-order valence-electron chi connectivity index (χ0n) is 19.1. The predicted octanol–water partition coefficient (Wildman–Crippen LogP) is 2.03. The highest BCUT2D eigenvalue weighted by molar-refractivity contribution is 5.90. The molecule has 0 bridgehead atoms. The van der Waals surface area contributed by atoms with Gasteiger partial charge in [0.2, 0.25) is 11.8 Å². The van der Waals surface area contributed by atoms with Crippen molar-refractivity contribution in [2.45, 2.75) is 89.8 Å². The summed E-state index contributed by atoms with van der Waals surface area (Å²) in [6.07, 6.45) is 5.96. The van der Waals surface area contributed by atoms with Crippen molar-refractivity contribution in [1.82, 2.24) is 16.0 Å². The van der Waals surface area contributed by atoms with E-state index in [-0.39, 0.29) is 18.2 Å². The van der Waals surface area contributed by atoms with E-state index in [9.17, 15) is 19.2 Å². The maximum Gasteiger partial charge on any atom is 0.408 e. The number of esters is 1. The van der Waals surface area contributed by atoms with Gasteiger partial charge in [0.15, 0.2) is 0 Å². The molecule has 0 radical (unpaired) electrons. The predicted molar refractivity (Wildman–Crippen MR) is 114 cm³/mol. The van der Waals surface area contributed by atoms with Crippen molar-refractivity contribution in [3.63, 3.8) is 0 Å². The monoisotopic (exact) mass is 439 g/mol. The van der Waals surface area contributed by atoms with E-state index < -0.39 is 35.7 Å². The molecule has 9 heteroatoms. The standard InChI is InChI=1S/C22H37N3O6/c1-22(2,3)31-21(29)25-16(12-14-8-6-5-7-9-14)19(27)24-17(20(28)30-4)13-15-10-11-23-18(15)26/h14-17H,5-13H2,1-4H3,(H,23,26)(H,24,27)(H,25,29)/t15-,16-,17-/m0/s1. The lowest BCUT2D eigenvalue weighted by Crippen LogP contribution is -2.53. The van der Waals surface area contributed by atoms with Crippen molar-refractivity contribution in [3.8, 4) is 0 Å². The second-order valence-corrected chi connectivity index (χ2v) is 9.54. The number of rotatable bonds is 8. The summed E-state index contributed by atoms with van der Waals surface area (Å²) in [5.41, 5.74) is -0.694. The van der Waals surface area contributed by atoms with Gasteiger partial charge in [-0.15, -0.1) is 0 Å². The summed E-state index contributed by atoms with van der Waals surface area (Å²) >= 11 is 0. The highest BCUT2D eigenvalue weighted by Gasteiger charge is 2.35. The molecule has 0 aromatic heterocycles. The van der Waals surface area contributed by atoms with E-state index in [1.165, 1.54) is 13.5 Å². The minimum absolute atomic E-state index is 0.131. The highest BCUT2D eigenvalue weighted by atomic mass is 16.6. The number of hydrogen-bond donors (Lipinski definition) is 3. The van der Waals surface area contributed by atoms with E-state index in [1.54, 1.807) is 20.8 Å². The molecular formula is C22H37N3O6. The topological polar surface area (TPSA) is 123 Å². The number of methoxy groups -OCH3 is 1. The minimum atomic E-state index is -0.958. The molecule has 3 amide bonds. The van der Waals surface area contributed by atoms with Gasteiger partial charge in [0.1, 0.15) is 17.7 Å². The number of carbonyl (C=O) groups excluding carboxylic acids is 4. The highest BCUT2D eigenvalue weighted by Crippen LogP contribution is 2.27. The number of carbonyl (C=O) groups is 4. The van der Waals surface area contributed by atoms with Crippen LogP contribution >= 0.6 is 0 Å². The summed E-state index contributed by atoms with van der Waals surface area (Å²) in [6, 6.07) is -1.79. The number of nitrogens with one attached hydrogen (secondary N) is 3.